The van der Waals surface area contributed by atoms with Gasteiger partial charge in [0.1, 0.15) is 5.60 Å². The van der Waals surface area contributed by atoms with Gasteiger partial charge in [-0.2, -0.15) is 0 Å². The summed E-state index contributed by atoms with van der Waals surface area (Å²) in [5, 5.41) is 0. The molecule has 1 heterocycles. The first-order valence-corrected chi connectivity index (χ1v) is 6.67. The zero-order valence-electron chi connectivity index (χ0n) is 10.9. The van der Waals surface area contributed by atoms with Crippen molar-refractivity contribution in [2.75, 3.05) is 0 Å². The summed E-state index contributed by atoms with van der Waals surface area (Å²) < 4.78 is 5.61. The van der Waals surface area contributed by atoms with E-state index in [0.717, 1.165) is 32.1 Å². The topological polar surface area (TPSA) is 26.3 Å². The number of rotatable bonds is 5. The molecule has 0 bridgehead atoms. The molecule has 0 saturated carbocycles. The van der Waals surface area contributed by atoms with Crippen LogP contribution in [-0.4, -0.2) is 11.6 Å². The van der Waals surface area contributed by atoms with E-state index in [4.69, 9.17) is 4.74 Å². The summed E-state index contributed by atoms with van der Waals surface area (Å²) in [6.07, 6.45) is 8.18. The van der Waals surface area contributed by atoms with E-state index < -0.39 is 0 Å². The van der Waals surface area contributed by atoms with Gasteiger partial charge >= 0.3 is 5.97 Å². The number of aryl methyl sites for hydroxylation is 1. The highest BCUT2D eigenvalue weighted by molar-refractivity contribution is 5.83. The molecule has 1 atom stereocenters. The molecule has 2 heteroatoms. The Hall–Kier alpha value is -1.57. The molecule has 1 aromatic rings. The van der Waals surface area contributed by atoms with E-state index in [2.05, 4.69) is 31.2 Å². The minimum Gasteiger partial charge on any atom is -0.456 e. The Bertz CT molecular complexity index is 422. The SMILES string of the molecule is CCCC1(CCc2ccccc2)CC=CC(=O)O1. The number of esters is 1. The lowest BCUT2D eigenvalue weighted by Crippen LogP contribution is -2.37. The highest BCUT2D eigenvalue weighted by Gasteiger charge is 2.33. The molecular weight excluding hydrogens is 224 g/mol. The van der Waals surface area contributed by atoms with Crippen LogP contribution in [0.4, 0.5) is 0 Å². The average molecular weight is 244 g/mol. The molecule has 96 valence electrons. The van der Waals surface area contributed by atoms with Gasteiger partial charge in [0.2, 0.25) is 0 Å². The van der Waals surface area contributed by atoms with Gasteiger partial charge in [0.15, 0.2) is 0 Å². The first kappa shape index (κ1) is 12.9. The van der Waals surface area contributed by atoms with Crippen molar-refractivity contribution in [3.05, 3.63) is 48.0 Å². The van der Waals surface area contributed by atoms with Crippen molar-refractivity contribution in [3.63, 3.8) is 0 Å². The summed E-state index contributed by atoms with van der Waals surface area (Å²) in [4.78, 5) is 11.5. The number of benzene rings is 1. The third-order valence-electron chi connectivity index (χ3n) is 3.48. The maximum Gasteiger partial charge on any atom is 0.330 e. The number of carbonyl (C=O) groups excluding carboxylic acids is 1. The molecule has 0 radical (unpaired) electrons. The fraction of sp³-hybridized carbons (Fsp3) is 0.438. The molecule has 0 spiro atoms. The molecule has 18 heavy (non-hydrogen) atoms. The summed E-state index contributed by atoms with van der Waals surface area (Å²) in [6.45, 7) is 2.14. The Morgan fingerprint density at radius 2 is 2.00 bits per heavy atom. The third kappa shape index (κ3) is 3.22. The second kappa shape index (κ2) is 5.85. The van der Waals surface area contributed by atoms with Crippen molar-refractivity contribution in [1.29, 1.82) is 0 Å². The van der Waals surface area contributed by atoms with Gasteiger partial charge in [-0.15, -0.1) is 0 Å². The van der Waals surface area contributed by atoms with Crippen LogP contribution in [0.2, 0.25) is 0 Å². The summed E-state index contributed by atoms with van der Waals surface area (Å²) in [5.74, 6) is -0.192. The van der Waals surface area contributed by atoms with Crippen LogP contribution in [0.5, 0.6) is 0 Å². The van der Waals surface area contributed by atoms with E-state index in [0.29, 0.717) is 0 Å². The second-order valence-corrected chi connectivity index (χ2v) is 4.95. The fourth-order valence-electron chi connectivity index (χ4n) is 2.56. The van der Waals surface area contributed by atoms with Crippen molar-refractivity contribution in [2.45, 2.75) is 44.6 Å². The van der Waals surface area contributed by atoms with Crippen molar-refractivity contribution in [3.8, 4) is 0 Å². The normalized spacial score (nSPS) is 22.8. The standard InChI is InChI=1S/C16H20O2/c1-2-11-16(12-6-9-15(17)18-16)13-10-14-7-4-3-5-8-14/h3-9H,2,10-13H2,1H3. The lowest BCUT2D eigenvalue weighted by atomic mass is 9.86. The van der Waals surface area contributed by atoms with Crippen LogP contribution >= 0.6 is 0 Å². The van der Waals surface area contributed by atoms with E-state index in [-0.39, 0.29) is 11.6 Å². The smallest absolute Gasteiger partial charge is 0.330 e. The molecule has 0 aliphatic carbocycles. The number of carbonyl (C=O) groups is 1. The van der Waals surface area contributed by atoms with Gasteiger partial charge in [0.05, 0.1) is 0 Å². The average Bonchev–Trinajstić information content (AvgIpc) is 2.38. The summed E-state index contributed by atoms with van der Waals surface area (Å²) in [6, 6.07) is 10.4. The Morgan fingerprint density at radius 3 is 2.67 bits per heavy atom. The van der Waals surface area contributed by atoms with Gasteiger partial charge in [-0.1, -0.05) is 49.8 Å². The van der Waals surface area contributed by atoms with Crippen LogP contribution in [0.25, 0.3) is 0 Å². The lowest BCUT2D eigenvalue weighted by molar-refractivity contribution is -0.156. The maximum absolute atomic E-state index is 11.5. The van der Waals surface area contributed by atoms with Crippen molar-refractivity contribution in [2.24, 2.45) is 0 Å². The summed E-state index contributed by atoms with van der Waals surface area (Å²) in [7, 11) is 0. The molecule has 0 amide bonds. The van der Waals surface area contributed by atoms with Crippen LogP contribution in [-0.2, 0) is 16.0 Å². The van der Waals surface area contributed by atoms with Crippen LogP contribution < -0.4 is 0 Å². The quantitative estimate of drug-likeness (QED) is 0.739. The minimum atomic E-state index is -0.281. The van der Waals surface area contributed by atoms with Gasteiger partial charge in [0, 0.05) is 12.5 Å². The molecule has 1 aliphatic heterocycles. The van der Waals surface area contributed by atoms with Gasteiger partial charge in [-0.25, -0.2) is 4.79 Å². The zero-order chi connectivity index (χ0) is 12.8. The van der Waals surface area contributed by atoms with Crippen LogP contribution in [0.3, 0.4) is 0 Å². The second-order valence-electron chi connectivity index (χ2n) is 4.95. The molecule has 1 aromatic carbocycles. The van der Waals surface area contributed by atoms with Gasteiger partial charge in [0.25, 0.3) is 0 Å². The first-order chi connectivity index (χ1) is 8.74. The van der Waals surface area contributed by atoms with Gasteiger partial charge < -0.3 is 4.74 Å². The third-order valence-corrected chi connectivity index (χ3v) is 3.48. The molecule has 1 aliphatic rings. The predicted molar refractivity (Wildman–Crippen MR) is 72.3 cm³/mol. The highest BCUT2D eigenvalue weighted by Crippen LogP contribution is 2.31. The number of ether oxygens (including phenoxy) is 1. The number of cyclic esters (lactones) is 1. The van der Waals surface area contributed by atoms with Crippen LogP contribution in [0, 0.1) is 0 Å². The Labute approximate surface area is 109 Å². The Morgan fingerprint density at radius 1 is 1.22 bits per heavy atom. The van der Waals surface area contributed by atoms with E-state index in [1.54, 1.807) is 0 Å². The van der Waals surface area contributed by atoms with E-state index >= 15 is 0 Å². The molecule has 0 saturated heterocycles. The molecular formula is C16H20O2. The van der Waals surface area contributed by atoms with Crippen molar-refractivity contribution >= 4 is 5.97 Å². The highest BCUT2D eigenvalue weighted by atomic mass is 16.6. The lowest BCUT2D eigenvalue weighted by Gasteiger charge is -2.34. The fourth-order valence-corrected chi connectivity index (χ4v) is 2.56. The van der Waals surface area contributed by atoms with Gasteiger partial charge in [-0.05, 0) is 24.8 Å². The Balaban J connectivity index is 2.03. The largest absolute Gasteiger partial charge is 0.456 e. The molecule has 1 unspecified atom stereocenters. The van der Waals surface area contributed by atoms with Gasteiger partial charge in [-0.3, -0.25) is 0 Å². The zero-order valence-corrected chi connectivity index (χ0v) is 10.9. The van der Waals surface area contributed by atoms with Crippen molar-refractivity contribution < 1.29 is 9.53 Å². The molecule has 0 N–H and O–H groups in total. The van der Waals surface area contributed by atoms with E-state index in [9.17, 15) is 4.79 Å². The predicted octanol–water partition coefficient (Wildman–Crippen LogP) is 3.66. The Kier molecular flexibility index (Phi) is 4.19. The van der Waals surface area contributed by atoms with Crippen LogP contribution in [0.1, 0.15) is 38.2 Å². The monoisotopic (exact) mass is 244 g/mol. The van der Waals surface area contributed by atoms with Crippen molar-refractivity contribution in [1.82, 2.24) is 0 Å². The molecule has 0 fully saturated rings. The van der Waals surface area contributed by atoms with E-state index in [1.807, 2.05) is 12.1 Å². The minimum absolute atomic E-state index is 0.192. The summed E-state index contributed by atoms with van der Waals surface area (Å²) in [5.41, 5.74) is 1.02. The number of hydrogen-bond acceptors (Lipinski definition) is 2. The molecule has 2 nitrogen and oxygen atoms in total. The van der Waals surface area contributed by atoms with E-state index in [1.165, 1.54) is 11.6 Å². The van der Waals surface area contributed by atoms with Crippen LogP contribution in [0.15, 0.2) is 42.5 Å². The maximum atomic E-state index is 11.5. The molecule has 2 rings (SSSR count). The summed E-state index contributed by atoms with van der Waals surface area (Å²) >= 11 is 0. The number of hydrogen-bond donors (Lipinski definition) is 0. The molecule has 0 aromatic heterocycles. The first-order valence-electron chi connectivity index (χ1n) is 6.67.